The number of methoxy groups -OCH3 is 1. The molecule has 0 atom stereocenters. The summed E-state index contributed by atoms with van der Waals surface area (Å²) >= 11 is 6.07. The van der Waals surface area contributed by atoms with Crippen LogP contribution in [0.25, 0.3) is 0 Å². The van der Waals surface area contributed by atoms with Gasteiger partial charge in [-0.15, -0.1) is 0 Å². The van der Waals surface area contributed by atoms with Crippen molar-refractivity contribution in [2.45, 2.75) is 4.90 Å². The molecule has 3 aromatic rings. The van der Waals surface area contributed by atoms with Crippen LogP contribution in [-0.2, 0) is 14.8 Å². The molecule has 0 spiro atoms. The number of hydrogen-bond donors (Lipinski definition) is 1. The number of amides is 1. The molecule has 0 bridgehead atoms. The maximum atomic E-state index is 14.5. The summed E-state index contributed by atoms with van der Waals surface area (Å²) in [6, 6.07) is 16.7. The molecule has 1 amide bonds. The number of hydrazone groups is 1. The van der Waals surface area contributed by atoms with Gasteiger partial charge < -0.3 is 10.1 Å². The predicted octanol–water partition coefficient (Wildman–Crippen LogP) is 3.88. The van der Waals surface area contributed by atoms with Crippen molar-refractivity contribution in [3.05, 3.63) is 88.7 Å². The second-order valence-electron chi connectivity index (χ2n) is 6.80. The molecule has 10 heteroatoms. The van der Waals surface area contributed by atoms with Crippen LogP contribution in [0.3, 0.4) is 0 Å². The van der Waals surface area contributed by atoms with Crippen molar-refractivity contribution in [1.29, 1.82) is 0 Å². The van der Waals surface area contributed by atoms with Crippen LogP contribution < -0.4 is 10.1 Å². The monoisotopic (exact) mass is 473 g/mol. The number of anilines is 1. The molecule has 1 heterocycles. The third-order valence-electron chi connectivity index (χ3n) is 4.75. The lowest BCUT2D eigenvalue weighted by Gasteiger charge is -2.27. The number of carbonyl (C=O) groups is 1. The molecule has 164 valence electrons. The molecule has 0 unspecified atom stereocenters. The van der Waals surface area contributed by atoms with E-state index in [0.717, 1.165) is 0 Å². The molecule has 0 fully saturated rings. The van der Waals surface area contributed by atoms with Crippen LogP contribution in [-0.4, -0.2) is 38.1 Å². The summed E-state index contributed by atoms with van der Waals surface area (Å²) in [6.07, 6.45) is 0. The molecular weight excluding hydrogens is 457 g/mol. The van der Waals surface area contributed by atoms with Crippen molar-refractivity contribution >= 4 is 38.9 Å². The van der Waals surface area contributed by atoms with Gasteiger partial charge in [-0.1, -0.05) is 35.9 Å². The van der Waals surface area contributed by atoms with Crippen LogP contribution >= 0.6 is 11.6 Å². The first-order chi connectivity index (χ1) is 15.3. The van der Waals surface area contributed by atoms with Gasteiger partial charge in [-0.05, 0) is 42.5 Å². The number of hydrogen-bond acceptors (Lipinski definition) is 5. The van der Waals surface area contributed by atoms with Crippen LogP contribution in [0.4, 0.5) is 10.1 Å². The number of nitrogens with zero attached hydrogens (tertiary/aromatic N) is 2. The minimum absolute atomic E-state index is 0.0560. The average molecular weight is 474 g/mol. The molecule has 0 radical (unpaired) electrons. The highest BCUT2D eigenvalue weighted by Gasteiger charge is 2.35. The van der Waals surface area contributed by atoms with Gasteiger partial charge in [0.1, 0.15) is 23.8 Å². The molecule has 0 saturated heterocycles. The summed E-state index contributed by atoms with van der Waals surface area (Å²) in [6.45, 7) is -0.625. The van der Waals surface area contributed by atoms with E-state index in [1.165, 1.54) is 43.5 Å². The highest BCUT2D eigenvalue weighted by molar-refractivity contribution is 7.89. The maximum Gasteiger partial charge on any atom is 0.280 e. The highest BCUT2D eigenvalue weighted by atomic mass is 35.5. The van der Waals surface area contributed by atoms with E-state index in [9.17, 15) is 17.6 Å². The average Bonchev–Trinajstić information content (AvgIpc) is 2.76. The Hall–Kier alpha value is -3.43. The number of ether oxygens (including phenoxy) is 1. The van der Waals surface area contributed by atoms with Crippen LogP contribution in [0.2, 0.25) is 5.02 Å². The van der Waals surface area contributed by atoms with Crippen LogP contribution in [0.1, 0.15) is 11.1 Å². The summed E-state index contributed by atoms with van der Waals surface area (Å²) in [5.41, 5.74) is 0.672. The fourth-order valence-corrected chi connectivity index (χ4v) is 4.83. The zero-order valence-corrected chi connectivity index (χ0v) is 18.3. The Morgan fingerprint density at radius 1 is 1.09 bits per heavy atom. The molecule has 0 saturated carbocycles. The Bertz CT molecular complexity index is 1340. The second kappa shape index (κ2) is 8.60. The molecule has 4 rings (SSSR count). The van der Waals surface area contributed by atoms with Gasteiger partial charge in [-0.3, -0.25) is 4.79 Å². The quantitative estimate of drug-likeness (QED) is 0.609. The van der Waals surface area contributed by atoms with Crippen molar-refractivity contribution < 1.29 is 22.3 Å². The van der Waals surface area contributed by atoms with E-state index in [-0.39, 0.29) is 26.8 Å². The highest BCUT2D eigenvalue weighted by Crippen LogP contribution is 2.32. The van der Waals surface area contributed by atoms with Crippen molar-refractivity contribution in [1.82, 2.24) is 4.41 Å². The minimum atomic E-state index is -4.18. The summed E-state index contributed by atoms with van der Waals surface area (Å²) < 4.78 is 46.7. The second-order valence-corrected chi connectivity index (χ2v) is 9.05. The smallest absolute Gasteiger partial charge is 0.280 e. The van der Waals surface area contributed by atoms with Gasteiger partial charge in [0.05, 0.1) is 17.7 Å². The van der Waals surface area contributed by atoms with Gasteiger partial charge >= 0.3 is 0 Å². The maximum absolute atomic E-state index is 14.5. The third-order valence-corrected chi connectivity index (χ3v) is 6.67. The van der Waals surface area contributed by atoms with E-state index >= 15 is 0 Å². The van der Waals surface area contributed by atoms with Gasteiger partial charge in [0.15, 0.2) is 0 Å². The normalized spacial score (nSPS) is 14.3. The number of fused-ring (bicyclic) bond motifs is 1. The summed E-state index contributed by atoms with van der Waals surface area (Å²) in [4.78, 5) is 12.6. The third kappa shape index (κ3) is 4.04. The van der Waals surface area contributed by atoms with Crippen LogP contribution in [0, 0.1) is 5.82 Å². The predicted molar refractivity (Wildman–Crippen MR) is 119 cm³/mol. The first-order valence-corrected chi connectivity index (χ1v) is 11.2. The number of carbonyl (C=O) groups excluding carboxylic acids is 1. The van der Waals surface area contributed by atoms with Gasteiger partial charge in [-0.2, -0.15) is 17.9 Å². The fourth-order valence-electron chi connectivity index (χ4n) is 3.28. The molecule has 1 aliphatic heterocycles. The van der Waals surface area contributed by atoms with Crippen LogP contribution in [0.5, 0.6) is 5.75 Å². The largest absolute Gasteiger partial charge is 0.495 e. The molecule has 7 nitrogen and oxygen atoms in total. The molecule has 3 aromatic carbocycles. The number of halogens is 2. The lowest BCUT2D eigenvalue weighted by Crippen LogP contribution is -2.38. The summed E-state index contributed by atoms with van der Waals surface area (Å²) in [5, 5.41) is 7.02. The fraction of sp³-hybridized carbons (Fsp3) is 0.0909. The van der Waals surface area contributed by atoms with Crippen molar-refractivity contribution in [3.8, 4) is 5.75 Å². The Morgan fingerprint density at radius 3 is 2.56 bits per heavy atom. The van der Waals surface area contributed by atoms with Gasteiger partial charge in [-0.25, -0.2) is 4.39 Å². The number of rotatable bonds is 5. The Kier molecular flexibility index (Phi) is 5.86. The lowest BCUT2D eigenvalue weighted by atomic mass is 10.0. The summed E-state index contributed by atoms with van der Waals surface area (Å²) in [7, 11) is -2.73. The number of para-hydroxylation sites is 2. The van der Waals surface area contributed by atoms with Gasteiger partial charge in [0.2, 0.25) is 5.91 Å². The standard InChI is InChI=1S/C22H17ClFN3O4S/c1-31-19-9-5-4-8-18(19)25-21(28)13-27-26-22(15-6-2-3-7-17(15)24)16-12-14(23)10-11-20(16)32(27,29)30/h2-12H,13H2,1H3,(H,25,28). The SMILES string of the molecule is COc1ccccc1NC(=O)CN1N=C(c2ccccc2F)c2cc(Cl)ccc2S1(=O)=O. The Morgan fingerprint density at radius 2 is 1.81 bits per heavy atom. The van der Waals surface area contributed by atoms with E-state index < -0.39 is 28.3 Å². The van der Waals surface area contributed by atoms with Crippen LogP contribution in [0.15, 0.2) is 76.7 Å². The molecule has 0 aromatic heterocycles. The zero-order valence-electron chi connectivity index (χ0n) is 16.7. The molecular formula is C22H17ClFN3O4S. The van der Waals surface area contributed by atoms with E-state index in [4.69, 9.17) is 16.3 Å². The first-order valence-electron chi connectivity index (χ1n) is 9.40. The van der Waals surface area contributed by atoms with Crippen molar-refractivity contribution in [3.63, 3.8) is 0 Å². The first kappa shape index (κ1) is 21.8. The number of sulfonamides is 1. The van der Waals surface area contributed by atoms with E-state index in [2.05, 4.69) is 10.4 Å². The lowest BCUT2D eigenvalue weighted by molar-refractivity contribution is -0.116. The Labute approximate surface area is 189 Å². The molecule has 1 N–H and O–H groups in total. The van der Waals surface area contributed by atoms with Crippen molar-refractivity contribution in [2.24, 2.45) is 5.10 Å². The summed E-state index contributed by atoms with van der Waals surface area (Å²) in [5.74, 6) is -0.820. The number of benzene rings is 3. The van der Waals surface area contributed by atoms with E-state index in [1.54, 1.807) is 30.3 Å². The molecule has 0 aliphatic carbocycles. The van der Waals surface area contributed by atoms with Gasteiger partial charge in [0.25, 0.3) is 10.0 Å². The van der Waals surface area contributed by atoms with E-state index in [0.29, 0.717) is 15.9 Å². The topological polar surface area (TPSA) is 88.1 Å². The zero-order chi connectivity index (χ0) is 22.9. The van der Waals surface area contributed by atoms with E-state index in [1.807, 2.05) is 0 Å². The number of nitrogens with one attached hydrogen (secondary N) is 1. The minimum Gasteiger partial charge on any atom is -0.495 e. The van der Waals surface area contributed by atoms with Gasteiger partial charge in [0, 0.05) is 16.1 Å². The molecule has 1 aliphatic rings. The Balaban J connectivity index is 1.75. The molecule has 32 heavy (non-hydrogen) atoms. The van der Waals surface area contributed by atoms with Crippen molar-refractivity contribution in [2.75, 3.05) is 19.0 Å².